The Balaban J connectivity index is 2.33. The van der Waals surface area contributed by atoms with Crippen LogP contribution in [0.2, 0.25) is 0 Å². The van der Waals surface area contributed by atoms with Crippen LogP contribution in [0.1, 0.15) is 42.9 Å². The molecule has 116 valence electrons. The molecule has 1 N–H and O–H groups in total. The second-order valence-corrected chi connectivity index (χ2v) is 4.73. The fraction of sp³-hybridized carbons (Fsp3) is 0.643. The molecule has 0 unspecified atom stereocenters. The van der Waals surface area contributed by atoms with Crippen molar-refractivity contribution in [1.29, 1.82) is 0 Å². The number of hydrogen-bond donors (Lipinski definition) is 1. The van der Waals surface area contributed by atoms with Crippen molar-refractivity contribution in [2.75, 3.05) is 26.4 Å². The largest absolute Gasteiger partial charge is 0.462 e. The van der Waals surface area contributed by atoms with E-state index >= 15 is 0 Å². The molecular weight excluding hydrogens is 276 g/mol. The summed E-state index contributed by atoms with van der Waals surface area (Å²) in [5.74, 6) is -0.235. The molecular formula is C14H20N2O5. The Morgan fingerprint density at radius 1 is 1.38 bits per heavy atom. The van der Waals surface area contributed by atoms with Crippen molar-refractivity contribution in [2.24, 2.45) is 0 Å². The molecule has 0 radical (unpaired) electrons. The fourth-order valence-corrected chi connectivity index (χ4v) is 2.41. The van der Waals surface area contributed by atoms with Gasteiger partial charge in [0.15, 0.2) is 0 Å². The van der Waals surface area contributed by atoms with Crippen LogP contribution in [-0.4, -0.2) is 42.4 Å². The quantitative estimate of drug-likeness (QED) is 0.815. The second kappa shape index (κ2) is 6.82. The van der Waals surface area contributed by atoms with Gasteiger partial charge in [-0.25, -0.2) is 9.78 Å². The Kier molecular flexibility index (Phi) is 5.08. The van der Waals surface area contributed by atoms with Crippen LogP contribution in [0, 0.1) is 0 Å². The smallest absolute Gasteiger partial charge is 0.345 e. The highest BCUT2D eigenvalue weighted by Crippen LogP contribution is 2.33. The summed E-state index contributed by atoms with van der Waals surface area (Å²) in [6.07, 6.45) is 2.48. The highest BCUT2D eigenvalue weighted by molar-refractivity contribution is 5.88. The molecule has 2 heterocycles. The standard InChI is InChI=1S/C14H20N2O5/c1-3-20-12(18)10-9-15-13(16-11(10)17)14(21-4-2)5-7-19-8-6-14/h9H,3-8H2,1-2H3,(H,15,16,17). The molecule has 0 aromatic carbocycles. The third-order valence-electron chi connectivity index (χ3n) is 3.45. The predicted octanol–water partition coefficient (Wildman–Crippen LogP) is 0.989. The van der Waals surface area contributed by atoms with Crippen LogP contribution in [0.15, 0.2) is 11.0 Å². The first-order valence-electron chi connectivity index (χ1n) is 7.11. The van der Waals surface area contributed by atoms with Crippen molar-refractivity contribution in [1.82, 2.24) is 9.97 Å². The van der Waals surface area contributed by atoms with Crippen molar-refractivity contribution < 1.29 is 19.0 Å². The summed E-state index contributed by atoms with van der Waals surface area (Å²) in [7, 11) is 0. The Morgan fingerprint density at radius 2 is 2.10 bits per heavy atom. The van der Waals surface area contributed by atoms with E-state index in [9.17, 15) is 9.59 Å². The van der Waals surface area contributed by atoms with Crippen LogP contribution >= 0.6 is 0 Å². The number of aromatic amines is 1. The molecule has 1 aliphatic rings. The number of H-pyrrole nitrogens is 1. The van der Waals surface area contributed by atoms with Crippen LogP contribution in [-0.2, 0) is 19.8 Å². The number of ether oxygens (including phenoxy) is 3. The molecule has 7 heteroatoms. The first-order valence-corrected chi connectivity index (χ1v) is 7.11. The molecule has 0 spiro atoms. The summed E-state index contributed by atoms with van der Waals surface area (Å²) in [6.45, 7) is 5.37. The summed E-state index contributed by atoms with van der Waals surface area (Å²) in [5, 5.41) is 0. The fourth-order valence-electron chi connectivity index (χ4n) is 2.41. The lowest BCUT2D eigenvalue weighted by Crippen LogP contribution is -2.40. The minimum absolute atomic E-state index is 0.0979. The summed E-state index contributed by atoms with van der Waals surface area (Å²) in [4.78, 5) is 30.6. The van der Waals surface area contributed by atoms with E-state index in [-0.39, 0.29) is 12.2 Å². The van der Waals surface area contributed by atoms with E-state index in [0.29, 0.717) is 38.5 Å². The zero-order chi connectivity index (χ0) is 15.3. The molecule has 1 aromatic heterocycles. The van der Waals surface area contributed by atoms with Gasteiger partial charge in [0.25, 0.3) is 5.56 Å². The Hall–Kier alpha value is -1.73. The first kappa shape index (κ1) is 15.7. The van der Waals surface area contributed by atoms with E-state index in [4.69, 9.17) is 14.2 Å². The van der Waals surface area contributed by atoms with Crippen LogP contribution in [0.25, 0.3) is 0 Å². The first-order chi connectivity index (χ1) is 10.1. The van der Waals surface area contributed by atoms with E-state index in [1.807, 2.05) is 6.92 Å². The number of nitrogens with zero attached hydrogens (tertiary/aromatic N) is 1. The third-order valence-corrected chi connectivity index (χ3v) is 3.45. The summed E-state index contributed by atoms with van der Waals surface area (Å²) in [6, 6.07) is 0. The maximum absolute atomic E-state index is 12.1. The number of aromatic nitrogens is 2. The molecule has 0 atom stereocenters. The molecule has 1 saturated heterocycles. The monoisotopic (exact) mass is 296 g/mol. The Labute approximate surface area is 122 Å². The minimum Gasteiger partial charge on any atom is -0.462 e. The normalized spacial score (nSPS) is 17.4. The van der Waals surface area contributed by atoms with Gasteiger partial charge in [-0.15, -0.1) is 0 Å². The molecule has 2 rings (SSSR count). The number of rotatable bonds is 5. The van der Waals surface area contributed by atoms with Crippen LogP contribution in [0.4, 0.5) is 0 Å². The average Bonchev–Trinajstić information content (AvgIpc) is 2.48. The van der Waals surface area contributed by atoms with Crippen molar-refractivity contribution >= 4 is 5.97 Å². The molecule has 0 bridgehead atoms. The van der Waals surface area contributed by atoms with Gasteiger partial charge in [0.1, 0.15) is 17.0 Å². The average molecular weight is 296 g/mol. The number of carbonyl (C=O) groups excluding carboxylic acids is 1. The number of esters is 1. The molecule has 1 aromatic rings. The topological polar surface area (TPSA) is 90.5 Å². The van der Waals surface area contributed by atoms with Crippen molar-refractivity contribution in [3.8, 4) is 0 Å². The van der Waals surface area contributed by atoms with Gasteiger partial charge < -0.3 is 19.2 Å². The van der Waals surface area contributed by atoms with Gasteiger partial charge in [0, 0.05) is 38.9 Å². The lowest BCUT2D eigenvalue weighted by Gasteiger charge is -2.35. The van der Waals surface area contributed by atoms with E-state index < -0.39 is 17.1 Å². The SMILES string of the molecule is CCOC(=O)c1cnc(C2(OCC)CCOCC2)[nH]c1=O. The highest BCUT2D eigenvalue weighted by Gasteiger charge is 2.38. The third kappa shape index (κ3) is 3.30. The van der Waals surface area contributed by atoms with Gasteiger partial charge in [0.2, 0.25) is 0 Å². The molecule has 1 aliphatic heterocycles. The summed E-state index contributed by atoms with van der Waals surface area (Å²) >= 11 is 0. The molecule has 0 amide bonds. The molecule has 21 heavy (non-hydrogen) atoms. The number of nitrogens with one attached hydrogen (secondary N) is 1. The molecule has 0 aliphatic carbocycles. The maximum Gasteiger partial charge on any atom is 0.345 e. The van der Waals surface area contributed by atoms with Gasteiger partial charge in [-0.3, -0.25) is 4.79 Å². The molecule has 7 nitrogen and oxygen atoms in total. The van der Waals surface area contributed by atoms with Gasteiger partial charge in [0.05, 0.1) is 6.61 Å². The zero-order valence-corrected chi connectivity index (χ0v) is 12.3. The second-order valence-electron chi connectivity index (χ2n) is 4.73. The highest BCUT2D eigenvalue weighted by atomic mass is 16.5. The summed E-state index contributed by atoms with van der Waals surface area (Å²) in [5.41, 5.74) is -1.26. The van der Waals surface area contributed by atoms with Gasteiger partial charge in [-0.1, -0.05) is 0 Å². The van der Waals surface area contributed by atoms with Gasteiger partial charge in [-0.05, 0) is 13.8 Å². The lowest BCUT2D eigenvalue weighted by atomic mass is 9.93. The lowest BCUT2D eigenvalue weighted by molar-refractivity contribution is -0.118. The van der Waals surface area contributed by atoms with Crippen molar-refractivity contribution in [3.63, 3.8) is 0 Å². The van der Waals surface area contributed by atoms with Gasteiger partial charge >= 0.3 is 5.97 Å². The Morgan fingerprint density at radius 3 is 2.67 bits per heavy atom. The molecule has 0 saturated carbocycles. The Bertz CT molecular complexity index is 543. The van der Waals surface area contributed by atoms with Crippen molar-refractivity contribution in [3.05, 3.63) is 27.9 Å². The van der Waals surface area contributed by atoms with E-state index in [1.54, 1.807) is 6.92 Å². The van der Waals surface area contributed by atoms with Crippen LogP contribution < -0.4 is 5.56 Å². The zero-order valence-electron chi connectivity index (χ0n) is 12.3. The van der Waals surface area contributed by atoms with Crippen LogP contribution in [0.5, 0.6) is 0 Å². The number of hydrogen-bond acceptors (Lipinski definition) is 6. The van der Waals surface area contributed by atoms with Crippen molar-refractivity contribution in [2.45, 2.75) is 32.3 Å². The molecule has 1 fully saturated rings. The number of carbonyl (C=O) groups is 1. The predicted molar refractivity (Wildman–Crippen MR) is 74.2 cm³/mol. The minimum atomic E-state index is -0.671. The van der Waals surface area contributed by atoms with Gasteiger partial charge in [-0.2, -0.15) is 0 Å². The van der Waals surface area contributed by atoms with E-state index in [1.165, 1.54) is 6.20 Å². The van der Waals surface area contributed by atoms with Crippen LogP contribution in [0.3, 0.4) is 0 Å². The summed E-state index contributed by atoms with van der Waals surface area (Å²) < 4.78 is 16.0. The van der Waals surface area contributed by atoms with E-state index in [2.05, 4.69) is 9.97 Å². The maximum atomic E-state index is 12.1. The van der Waals surface area contributed by atoms with E-state index in [0.717, 1.165) is 0 Å².